The van der Waals surface area contributed by atoms with E-state index in [1.807, 2.05) is 61.5 Å². The van der Waals surface area contributed by atoms with Gasteiger partial charge in [0.1, 0.15) is 17.1 Å². The first-order valence-electron chi connectivity index (χ1n) is 13.1. The molecule has 0 atom stereocenters. The van der Waals surface area contributed by atoms with Crippen LogP contribution in [-0.2, 0) is 0 Å². The Balaban J connectivity index is 1.93. The van der Waals surface area contributed by atoms with Crippen LogP contribution in [0.5, 0.6) is 5.75 Å². The summed E-state index contributed by atoms with van der Waals surface area (Å²) in [4.78, 5) is 36.6. The van der Waals surface area contributed by atoms with Crippen molar-refractivity contribution in [3.8, 4) is 16.9 Å². The van der Waals surface area contributed by atoms with Gasteiger partial charge < -0.3 is 15.0 Å². The lowest BCUT2D eigenvalue weighted by Gasteiger charge is -2.27. The number of nitrogens with zero attached hydrogens (tertiary/aromatic N) is 2. The van der Waals surface area contributed by atoms with Gasteiger partial charge in [-0.15, -0.1) is 0 Å². The fraction of sp³-hybridized carbons (Fsp3) is 0.323. The number of aromatic amines is 1. The fourth-order valence-corrected chi connectivity index (χ4v) is 4.85. The molecule has 0 saturated heterocycles. The number of aromatic nitrogens is 2. The number of rotatable bonds is 8. The Morgan fingerprint density at radius 2 is 1.71 bits per heavy atom. The molecule has 2 aromatic heterocycles. The largest absolute Gasteiger partial charge is 0.497 e. The van der Waals surface area contributed by atoms with Gasteiger partial charge in [-0.1, -0.05) is 65.0 Å². The van der Waals surface area contributed by atoms with Gasteiger partial charge >= 0.3 is 6.03 Å². The van der Waals surface area contributed by atoms with E-state index in [9.17, 15) is 9.59 Å². The van der Waals surface area contributed by atoms with E-state index in [1.165, 1.54) is 0 Å². The van der Waals surface area contributed by atoms with E-state index in [4.69, 9.17) is 4.74 Å². The Labute approximate surface area is 223 Å². The van der Waals surface area contributed by atoms with E-state index >= 15 is 0 Å². The van der Waals surface area contributed by atoms with E-state index in [1.54, 1.807) is 18.2 Å². The maximum atomic E-state index is 14.1. The van der Waals surface area contributed by atoms with Gasteiger partial charge in [-0.2, -0.15) is 0 Å². The molecule has 0 aliphatic heterocycles. The zero-order valence-corrected chi connectivity index (χ0v) is 23.0. The van der Waals surface area contributed by atoms with Gasteiger partial charge in [0, 0.05) is 29.4 Å². The minimum absolute atomic E-state index is 0.214. The number of H-pyrrole nitrogens is 1. The van der Waals surface area contributed by atoms with E-state index in [-0.39, 0.29) is 29.1 Å². The number of ether oxygens (including phenoxy) is 1. The first-order valence-corrected chi connectivity index (χ1v) is 13.1. The summed E-state index contributed by atoms with van der Waals surface area (Å²) in [5.74, 6) is 1.09. The summed E-state index contributed by atoms with van der Waals surface area (Å²) in [6, 6.07) is 17.0. The average Bonchev–Trinajstić information content (AvgIpc) is 2.91. The van der Waals surface area contributed by atoms with E-state index in [0.717, 1.165) is 27.8 Å². The third-order valence-corrected chi connectivity index (χ3v) is 6.69. The highest BCUT2D eigenvalue weighted by molar-refractivity contribution is 6.09. The number of amides is 2. The molecule has 0 aliphatic rings. The molecule has 38 heavy (non-hydrogen) atoms. The molecule has 0 fully saturated rings. The van der Waals surface area contributed by atoms with Crippen molar-refractivity contribution in [1.82, 2.24) is 9.97 Å². The SMILES string of the molecule is CCCN(C(=O)Nc1c(C(C)C)cccc1C(C)C)c1c(-c2cccc(OC)c2)c2cccnc2[nH]c1=O. The summed E-state index contributed by atoms with van der Waals surface area (Å²) in [5, 5.41) is 3.94. The molecular formula is C31H36N4O3. The Morgan fingerprint density at radius 1 is 1.03 bits per heavy atom. The third-order valence-electron chi connectivity index (χ3n) is 6.69. The second-order valence-electron chi connectivity index (χ2n) is 10.0. The number of pyridine rings is 2. The first kappa shape index (κ1) is 26.9. The molecule has 0 aliphatic carbocycles. The molecule has 0 unspecified atom stereocenters. The number of hydrogen-bond acceptors (Lipinski definition) is 4. The molecule has 0 spiro atoms. The molecule has 2 aromatic carbocycles. The summed E-state index contributed by atoms with van der Waals surface area (Å²) in [7, 11) is 1.60. The average molecular weight is 513 g/mol. The third kappa shape index (κ3) is 5.28. The monoisotopic (exact) mass is 512 g/mol. The number of para-hydroxylation sites is 1. The number of urea groups is 1. The van der Waals surface area contributed by atoms with Crippen molar-refractivity contribution < 1.29 is 9.53 Å². The van der Waals surface area contributed by atoms with Crippen molar-refractivity contribution in [2.45, 2.75) is 52.9 Å². The predicted molar refractivity (Wildman–Crippen MR) is 156 cm³/mol. The van der Waals surface area contributed by atoms with Crippen molar-refractivity contribution in [1.29, 1.82) is 0 Å². The molecule has 198 valence electrons. The lowest BCUT2D eigenvalue weighted by Crippen LogP contribution is -2.40. The predicted octanol–water partition coefficient (Wildman–Crippen LogP) is 7.29. The summed E-state index contributed by atoms with van der Waals surface area (Å²) in [6.45, 7) is 10.8. The molecule has 2 heterocycles. The smallest absolute Gasteiger partial charge is 0.326 e. The van der Waals surface area contributed by atoms with Crippen LogP contribution in [-0.4, -0.2) is 29.7 Å². The summed E-state index contributed by atoms with van der Waals surface area (Å²) in [5.41, 5.74) is 4.71. The van der Waals surface area contributed by atoms with Crippen LogP contribution in [0.15, 0.2) is 65.6 Å². The number of hydrogen-bond donors (Lipinski definition) is 2. The standard InChI is InChI=1S/C31H36N4O3/c1-7-17-35(31(37)33-27-23(19(2)3)13-9-14-24(27)20(4)5)28-26(21-11-8-12-22(18-21)38-6)25-15-10-16-32-29(25)34-30(28)36/h8-16,18-20H,7,17H2,1-6H3,(H,33,37)(H,32,34,36). The number of nitrogens with one attached hydrogen (secondary N) is 2. The van der Waals surface area contributed by atoms with Crippen molar-refractivity contribution in [2.75, 3.05) is 23.9 Å². The second-order valence-corrected chi connectivity index (χ2v) is 10.0. The molecule has 7 nitrogen and oxygen atoms in total. The van der Waals surface area contributed by atoms with Crippen molar-refractivity contribution in [3.63, 3.8) is 0 Å². The van der Waals surface area contributed by atoms with Crippen LogP contribution in [0.2, 0.25) is 0 Å². The van der Waals surface area contributed by atoms with Crippen LogP contribution in [0.3, 0.4) is 0 Å². The van der Waals surface area contributed by atoms with E-state index < -0.39 is 0 Å². The van der Waals surface area contributed by atoms with E-state index in [0.29, 0.717) is 29.9 Å². The molecule has 2 amide bonds. The van der Waals surface area contributed by atoms with Crippen LogP contribution >= 0.6 is 0 Å². The normalized spacial score (nSPS) is 11.3. The van der Waals surface area contributed by atoms with Crippen LogP contribution in [0.4, 0.5) is 16.2 Å². The Bertz CT molecular complexity index is 1480. The van der Waals surface area contributed by atoms with Crippen LogP contribution in [0, 0.1) is 0 Å². The fourth-order valence-electron chi connectivity index (χ4n) is 4.85. The Morgan fingerprint density at radius 3 is 2.34 bits per heavy atom. The zero-order valence-electron chi connectivity index (χ0n) is 23.0. The highest BCUT2D eigenvalue weighted by Crippen LogP contribution is 2.37. The van der Waals surface area contributed by atoms with Gasteiger partial charge in [-0.3, -0.25) is 9.69 Å². The highest BCUT2D eigenvalue weighted by Gasteiger charge is 2.27. The summed E-state index contributed by atoms with van der Waals surface area (Å²) < 4.78 is 5.47. The van der Waals surface area contributed by atoms with Gasteiger partial charge in [-0.25, -0.2) is 9.78 Å². The van der Waals surface area contributed by atoms with Crippen LogP contribution in [0.1, 0.15) is 64.0 Å². The molecule has 0 saturated carbocycles. The number of carbonyl (C=O) groups is 1. The molecule has 2 N–H and O–H groups in total. The minimum Gasteiger partial charge on any atom is -0.497 e. The van der Waals surface area contributed by atoms with Gasteiger partial charge in [0.25, 0.3) is 5.56 Å². The number of anilines is 2. The number of carbonyl (C=O) groups excluding carboxylic acids is 1. The van der Waals surface area contributed by atoms with Crippen molar-refractivity contribution >= 4 is 28.4 Å². The van der Waals surface area contributed by atoms with Gasteiger partial charge in [0.05, 0.1) is 7.11 Å². The number of methoxy groups -OCH3 is 1. The Kier molecular flexibility index (Phi) is 8.15. The maximum Gasteiger partial charge on any atom is 0.326 e. The first-order chi connectivity index (χ1) is 18.3. The number of fused-ring (bicyclic) bond motifs is 1. The molecule has 7 heteroatoms. The minimum atomic E-state index is -0.376. The lowest BCUT2D eigenvalue weighted by atomic mass is 9.92. The zero-order chi connectivity index (χ0) is 27.4. The highest BCUT2D eigenvalue weighted by atomic mass is 16.5. The van der Waals surface area contributed by atoms with Crippen LogP contribution < -0.4 is 20.5 Å². The molecular weight excluding hydrogens is 476 g/mol. The summed E-state index contributed by atoms with van der Waals surface area (Å²) in [6.07, 6.45) is 2.30. The maximum absolute atomic E-state index is 14.1. The summed E-state index contributed by atoms with van der Waals surface area (Å²) >= 11 is 0. The Hall–Kier alpha value is -4.13. The molecule has 4 aromatic rings. The second kappa shape index (κ2) is 11.5. The van der Waals surface area contributed by atoms with Gasteiger partial charge in [0.2, 0.25) is 0 Å². The quantitative estimate of drug-likeness (QED) is 0.259. The topological polar surface area (TPSA) is 87.3 Å². The van der Waals surface area contributed by atoms with Crippen LogP contribution in [0.25, 0.3) is 22.2 Å². The molecule has 0 bridgehead atoms. The van der Waals surface area contributed by atoms with Crippen molar-refractivity contribution in [2.24, 2.45) is 0 Å². The molecule has 4 rings (SSSR count). The number of benzene rings is 2. The van der Waals surface area contributed by atoms with Crippen molar-refractivity contribution in [3.05, 3.63) is 82.3 Å². The molecule has 0 radical (unpaired) electrons. The van der Waals surface area contributed by atoms with E-state index in [2.05, 4.69) is 43.0 Å². The van der Waals surface area contributed by atoms with Gasteiger partial charge in [-0.05, 0) is 59.2 Å². The van der Waals surface area contributed by atoms with Gasteiger partial charge in [0.15, 0.2) is 0 Å². The lowest BCUT2D eigenvalue weighted by molar-refractivity contribution is 0.257.